The van der Waals surface area contributed by atoms with Gasteiger partial charge in [-0.3, -0.25) is 0 Å². The van der Waals surface area contributed by atoms with Gasteiger partial charge in [-0.05, 0) is 31.0 Å². The Balaban J connectivity index is 0.00000133. The van der Waals surface area contributed by atoms with Crippen LogP contribution in [0.5, 0.6) is 0 Å². The molecule has 0 fully saturated rings. The van der Waals surface area contributed by atoms with Crippen LogP contribution >= 0.6 is 12.4 Å². The van der Waals surface area contributed by atoms with E-state index in [2.05, 4.69) is 41.1 Å². The number of hydrogen-bond acceptors (Lipinski definition) is 1. The summed E-state index contributed by atoms with van der Waals surface area (Å²) in [5.74, 6) is 0. The van der Waals surface area contributed by atoms with Crippen LogP contribution in [0.25, 0.3) is 10.9 Å². The molecule has 1 aromatic carbocycles. The monoisotopic (exact) mass is 278 g/mol. The molecule has 0 saturated heterocycles. The van der Waals surface area contributed by atoms with Gasteiger partial charge >= 0.3 is 0 Å². The summed E-state index contributed by atoms with van der Waals surface area (Å²) in [6, 6.07) is 8.90. The third-order valence-corrected chi connectivity index (χ3v) is 4.02. The fourth-order valence-electron chi connectivity index (χ4n) is 3.10. The zero-order valence-electron chi connectivity index (χ0n) is 11.6. The Hall–Kier alpha value is -0.990. The van der Waals surface area contributed by atoms with Gasteiger partial charge in [0.25, 0.3) is 0 Å². The summed E-state index contributed by atoms with van der Waals surface area (Å²) in [7, 11) is 0. The summed E-state index contributed by atoms with van der Waals surface area (Å²) < 4.78 is 2.55. The lowest BCUT2D eigenvalue weighted by molar-refractivity contribution is 0.556. The number of fused-ring (bicyclic) bond motifs is 3. The zero-order valence-corrected chi connectivity index (χ0v) is 12.4. The van der Waals surface area contributed by atoms with Crippen molar-refractivity contribution in [2.45, 2.75) is 45.7 Å². The van der Waals surface area contributed by atoms with E-state index in [1.165, 1.54) is 48.8 Å². The minimum absolute atomic E-state index is 0. The first-order valence-corrected chi connectivity index (χ1v) is 7.21. The van der Waals surface area contributed by atoms with Gasteiger partial charge in [-0.15, -0.1) is 12.4 Å². The van der Waals surface area contributed by atoms with Crippen LogP contribution in [0.15, 0.2) is 24.3 Å². The van der Waals surface area contributed by atoms with E-state index in [1.54, 1.807) is 5.56 Å². The van der Waals surface area contributed by atoms with Crippen LogP contribution in [0.3, 0.4) is 0 Å². The molecule has 1 aliphatic heterocycles. The molecule has 2 aromatic rings. The Labute approximate surface area is 121 Å². The molecule has 1 N–H and O–H groups in total. The number of nitrogens with one attached hydrogen (secondary N) is 1. The van der Waals surface area contributed by atoms with Crippen molar-refractivity contribution < 1.29 is 0 Å². The molecular formula is C16H23ClN2. The van der Waals surface area contributed by atoms with Crippen LogP contribution in [0.1, 0.15) is 37.4 Å². The molecule has 0 unspecified atom stereocenters. The number of benzene rings is 1. The van der Waals surface area contributed by atoms with Gasteiger partial charge in [-0.2, -0.15) is 0 Å². The van der Waals surface area contributed by atoms with Crippen molar-refractivity contribution in [3.8, 4) is 0 Å². The van der Waals surface area contributed by atoms with Crippen molar-refractivity contribution in [1.29, 1.82) is 0 Å². The lowest BCUT2D eigenvalue weighted by Crippen LogP contribution is -2.25. The van der Waals surface area contributed by atoms with Gasteiger partial charge in [0.05, 0.1) is 0 Å². The van der Waals surface area contributed by atoms with Gasteiger partial charge in [0.2, 0.25) is 0 Å². The van der Waals surface area contributed by atoms with Gasteiger partial charge in [-0.1, -0.05) is 38.0 Å². The molecule has 19 heavy (non-hydrogen) atoms. The van der Waals surface area contributed by atoms with Crippen LogP contribution in [-0.4, -0.2) is 11.1 Å². The highest BCUT2D eigenvalue weighted by atomic mass is 35.5. The van der Waals surface area contributed by atoms with Gasteiger partial charge in [0, 0.05) is 29.7 Å². The average molecular weight is 279 g/mol. The van der Waals surface area contributed by atoms with E-state index < -0.39 is 0 Å². The van der Waals surface area contributed by atoms with E-state index in [0.29, 0.717) is 0 Å². The molecule has 104 valence electrons. The van der Waals surface area contributed by atoms with Crippen LogP contribution in [0, 0.1) is 0 Å². The maximum Gasteiger partial charge on any atom is 0.0485 e. The molecule has 3 heteroatoms. The molecule has 2 heterocycles. The SMILES string of the molecule is CCCCCn1c2c(c3ccccc31)CCNC2.Cl. The molecule has 1 aliphatic rings. The molecular weight excluding hydrogens is 256 g/mol. The van der Waals surface area contributed by atoms with E-state index in [9.17, 15) is 0 Å². The summed E-state index contributed by atoms with van der Waals surface area (Å²) >= 11 is 0. The zero-order chi connectivity index (χ0) is 12.4. The van der Waals surface area contributed by atoms with Crippen molar-refractivity contribution in [2.24, 2.45) is 0 Å². The van der Waals surface area contributed by atoms with E-state index >= 15 is 0 Å². The first kappa shape index (κ1) is 14.4. The number of hydrogen-bond donors (Lipinski definition) is 1. The van der Waals surface area contributed by atoms with Gasteiger partial charge in [0.1, 0.15) is 0 Å². The van der Waals surface area contributed by atoms with Crippen molar-refractivity contribution in [3.05, 3.63) is 35.5 Å². The molecule has 0 amide bonds. The first-order valence-electron chi connectivity index (χ1n) is 7.21. The average Bonchev–Trinajstić information content (AvgIpc) is 2.74. The third-order valence-electron chi connectivity index (χ3n) is 4.02. The normalized spacial score (nSPS) is 14.2. The summed E-state index contributed by atoms with van der Waals surface area (Å²) in [6.07, 6.45) is 5.09. The maximum atomic E-state index is 3.51. The molecule has 0 spiro atoms. The molecule has 3 rings (SSSR count). The number of nitrogens with zero attached hydrogens (tertiary/aromatic N) is 1. The van der Waals surface area contributed by atoms with Crippen molar-refractivity contribution in [1.82, 2.24) is 9.88 Å². The topological polar surface area (TPSA) is 17.0 Å². The second-order valence-corrected chi connectivity index (χ2v) is 5.23. The van der Waals surface area contributed by atoms with Crippen LogP contribution < -0.4 is 5.32 Å². The fraction of sp³-hybridized carbons (Fsp3) is 0.500. The number of aryl methyl sites for hydroxylation is 1. The number of halogens is 1. The van der Waals surface area contributed by atoms with E-state index in [4.69, 9.17) is 0 Å². The summed E-state index contributed by atoms with van der Waals surface area (Å²) in [6.45, 7) is 5.60. The first-order chi connectivity index (χ1) is 8.92. The number of aromatic nitrogens is 1. The van der Waals surface area contributed by atoms with Crippen LogP contribution in [-0.2, 0) is 19.5 Å². The van der Waals surface area contributed by atoms with E-state index in [-0.39, 0.29) is 12.4 Å². The predicted molar refractivity (Wildman–Crippen MR) is 84.1 cm³/mol. The minimum Gasteiger partial charge on any atom is -0.343 e. The lowest BCUT2D eigenvalue weighted by atomic mass is 10.1. The Morgan fingerprint density at radius 3 is 2.89 bits per heavy atom. The van der Waals surface area contributed by atoms with Gasteiger partial charge in [0.15, 0.2) is 0 Å². The standard InChI is InChI=1S/C16H22N2.ClH/c1-2-3-6-11-18-15-8-5-4-7-13(15)14-9-10-17-12-16(14)18;/h4-5,7-8,17H,2-3,6,9-12H2,1H3;1H. The number of para-hydroxylation sites is 1. The highest BCUT2D eigenvalue weighted by molar-refractivity contribution is 5.86. The Morgan fingerprint density at radius 2 is 2.05 bits per heavy atom. The minimum atomic E-state index is 0. The van der Waals surface area contributed by atoms with Crippen molar-refractivity contribution >= 4 is 23.3 Å². The Kier molecular flexibility index (Phi) is 4.89. The van der Waals surface area contributed by atoms with E-state index in [1.807, 2.05) is 0 Å². The summed E-state index contributed by atoms with van der Waals surface area (Å²) in [5.41, 5.74) is 4.54. The molecule has 0 radical (unpaired) electrons. The maximum absolute atomic E-state index is 3.51. The van der Waals surface area contributed by atoms with Crippen molar-refractivity contribution in [2.75, 3.05) is 6.54 Å². The Bertz CT molecular complexity index is 545. The summed E-state index contributed by atoms with van der Waals surface area (Å²) in [4.78, 5) is 0. The molecule has 0 bridgehead atoms. The second-order valence-electron chi connectivity index (χ2n) is 5.23. The van der Waals surface area contributed by atoms with Crippen LogP contribution in [0.4, 0.5) is 0 Å². The van der Waals surface area contributed by atoms with E-state index in [0.717, 1.165) is 13.1 Å². The predicted octanol–water partition coefficient (Wildman–Crippen LogP) is 3.90. The van der Waals surface area contributed by atoms with Gasteiger partial charge < -0.3 is 9.88 Å². The lowest BCUT2D eigenvalue weighted by Gasteiger charge is -2.17. The number of rotatable bonds is 4. The van der Waals surface area contributed by atoms with Gasteiger partial charge in [-0.25, -0.2) is 0 Å². The molecule has 0 atom stereocenters. The highest BCUT2D eigenvalue weighted by Crippen LogP contribution is 2.28. The smallest absolute Gasteiger partial charge is 0.0485 e. The third kappa shape index (κ3) is 2.65. The van der Waals surface area contributed by atoms with Crippen molar-refractivity contribution in [3.63, 3.8) is 0 Å². The quantitative estimate of drug-likeness (QED) is 0.840. The fourth-order valence-corrected chi connectivity index (χ4v) is 3.10. The highest BCUT2D eigenvalue weighted by Gasteiger charge is 2.18. The largest absolute Gasteiger partial charge is 0.343 e. The second kappa shape index (κ2) is 6.44. The molecule has 1 aromatic heterocycles. The number of unbranched alkanes of at least 4 members (excludes halogenated alkanes) is 2. The summed E-state index contributed by atoms with van der Waals surface area (Å²) in [5, 5.41) is 4.99. The molecule has 2 nitrogen and oxygen atoms in total. The Morgan fingerprint density at radius 1 is 1.21 bits per heavy atom. The molecule has 0 saturated carbocycles. The van der Waals surface area contributed by atoms with Crippen LogP contribution in [0.2, 0.25) is 0 Å². The molecule has 0 aliphatic carbocycles.